The largest absolute Gasteiger partial charge is 0.504 e. The van der Waals surface area contributed by atoms with Crippen LogP contribution in [0.4, 0.5) is 4.79 Å². The number of nitrogens with one attached hydrogen (secondary N) is 1. The summed E-state index contributed by atoms with van der Waals surface area (Å²) in [6.45, 7) is 9.59. The molecule has 1 aromatic carbocycles. The fraction of sp³-hybridized carbons (Fsp3) is 0.636. The topological polar surface area (TPSA) is 83.8 Å². The van der Waals surface area contributed by atoms with Crippen molar-refractivity contribution in [3.63, 3.8) is 0 Å². The molecule has 0 aromatic heterocycles. The van der Waals surface area contributed by atoms with E-state index in [1.54, 1.807) is 17.9 Å². The Morgan fingerprint density at radius 3 is 2.37 bits per heavy atom. The number of carbonyl (C=O) groups is 2. The SMILES string of the molecule is CCOC(=O)N1CCN(C(=O)C2CC[NH+](Cc3ccc(O)c(OCC)c3)CC2)CC1. The highest BCUT2D eigenvalue weighted by Crippen LogP contribution is 2.26. The fourth-order valence-electron chi connectivity index (χ4n) is 4.26. The molecule has 0 unspecified atom stereocenters. The second-order valence-electron chi connectivity index (χ2n) is 7.95. The highest BCUT2D eigenvalue weighted by Gasteiger charge is 2.33. The van der Waals surface area contributed by atoms with E-state index in [9.17, 15) is 14.7 Å². The van der Waals surface area contributed by atoms with Crippen molar-refractivity contribution in [2.75, 3.05) is 52.5 Å². The zero-order valence-corrected chi connectivity index (χ0v) is 18.1. The number of benzene rings is 1. The number of phenolic OH excluding ortho intramolecular Hbond substituents is 1. The first-order chi connectivity index (χ1) is 14.5. The van der Waals surface area contributed by atoms with Gasteiger partial charge in [0.2, 0.25) is 5.91 Å². The first-order valence-corrected chi connectivity index (χ1v) is 11.0. The summed E-state index contributed by atoms with van der Waals surface area (Å²) in [5, 5.41) is 9.86. The maximum Gasteiger partial charge on any atom is 0.409 e. The third-order valence-corrected chi connectivity index (χ3v) is 5.94. The molecule has 2 aliphatic rings. The van der Waals surface area contributed by atoms with Gasteiger partial charge in [-0.1, -0.05) is 0 Å². The highest BCUT2D eigenvalue weighted by atomic mass is 16.6. The van der Waals surface area contributed by atoms with Gasteiger partial charge in [-0.05, 0) is 32.0 Å². The van der Waals surface area contributed by atoms with Crippen molar-refractivity contribution in [1.82, 2.24) is 9.80 Å². The number of hydrogen-bond acceptors (Lipinski definition) is 5. The lowest BCUT2D eigenvalue weighted by molar-refractivity contribution is -0.919. The third kappa shape index (κ3) is 5.56. The molecule has 30 heavy (non-hydrogen) atoms. The minimum atomic E-state index is -0.289. The van der Waals surface area contributed by atoms with Crippen molar-refractivity contribution in [3.05, 3.63) is 23.8 Å². The van der Waals surface area contributed by atoms with Crippen molar-refractivity contribution in [2.45, 2.75) is 33.2 Å². The van der Waals surface area contributed by atoms with Gasteiger partial charge in [0, 0.05) is 50.5 Å². The number of aromatic hydroxyl groups is 1. The third-order valence-electron chi connectivity index (χ3n) is 5.94. The van der Waals surface area contributed by atoms with Crippen LogP contribution in [0, 0.1) is 5.92 Å². The molecule has 0 bridgehead atoms. The van der Waals surface area contributed by atoms with Crippen LogP contribution in [0.5, 0.6) is 11.5 Å². The van der Waals surface area contributed by atoms with E-state index in [-0.39, 0.29) is 23.7 Å². The summed E-state index contributed by atoms with van der Waals surface area (Å²) < 4.78 is 10.5. The fourth-order valence-corrected chi connectivity index (χ4v) is 4.26. The Bertz CT molecular complexity index is 725. The van der Waals surface area contributed by atoms with Crippen LogP contribution >= 0.6 is 0 Å². The molecule has 2 N–H and O–H groups in total. The Hall–Kier alpha value is -2.48. The van der Waals surface area contributed by atoms with Crippen LogP contribution in [0.25, 0.3) is 0 Å². The maximum absolute atomic E-state index is 12.9. The number of piperazine rings is 1. The van der Waals surface area contributed by atoms with Gasteiger partial charge in [0.1, 0.15) is 6.54 Å². The van der Waals surface area contributed by atoms with Crippen LogP contribution in [0.1, 0.15) is 32.3 Å². The van der Waals surface area contributed by atoms with Crippen molar-refractivity contribution in [1.29, 1.82) is 0 Å². The van der Waals surface area contributed by atoms with E-state index in [0.717, 1.165) is 38.0 Å². The number of ether oxygens (including phenoxy) is 2. The molecule has 2 heterocycles. The molecule has 0 radical (unpaired) electrons. The number of phenols is 1. The van der Waals surface area contributed by atoms with E-state index < -0.39 is 0 Å². The van der Waals surface area contributed by atoms with E-state index in [0.29, 0.717) is 45.1 Å². The molecule has 2 fully saturated rings. The molecule has 1 aromatic rings. The first-order valence-electron chi connectivity index (χ1n) is 11.0. The lowest BCUT2D eigenvalue weighted by atomic mass is 9.94. The molecule has 2 amide bonds. The van der Waals surface area contributed by atoms with Gasteiger partial charge in [0.25, 0.3) is 0 Å². The predicted octanol–water partition coefficient (Wildman–Crippen LogP) is 0.887. The van der Waals surface area contributed by atoms with Crippen molar-refractivity contribution in [3.8, 4) is 11.5 Å². The van der Waals surface area contributed by atoms with Crippen molar-refractivity contribution < 1.29 is 29.1 Å². The number of hydrogen-bond donors (Lipinski definition) is 2. The van der Waals surface area contributed by atoms with Crippen molar-refractivity contribution >= 4 is 12.0 Å². The molecule has 0 atom stereocenters. The summed E-state index contributed by atoms with van der Waals surface area (Å²) in [5.41, 5.74) is 1.13. The van der Waals surface area contributed by atoms with Gasteiger partial charge < -0.3 is 29.3 Å². The van der Waals surface area contributed by atoms with Crippen LogP contribution in [-0.4, -0.2) is 79.4 Å². The van der Waals surface area contributed by atoms with Gasteiger partial charge in [0.15, 0.2) is 11.5 Å². The Morgan fingerprint density at radius 2 is 1.73 bits per heavy atom. The second-order valence-corrected chi connectivity index (χ2v) is 7.95. The molecule has 2 aliphatic heterocycles. The number of piperidine rings is 1. The summed E-state index contributed by atoms with van der Waals surface area (Å²) in [7, 11) is 0. The molecule has 166 valence electrons. The van der Waals surface area contributed by atoms with E-state index >= 15 is 0 Å². The maximum atomic E-state index is 12.9. The number of quaternary nitrogens is 1. The Kier molecular flexibility index (Phi) is 7.79. The van der Waals surface area contributed by atoms with Gasteiger partial charge in [-0.3, -0.25) is 4.79 Å². The zero-order valence-electron chi connectivity index (χ0n) is 18.1. The normalized spacial score (nSPS) is 21.9. The Balaban J connectivity index is 1.45. The van der Waals surface area contributed by atoms with Crippen LogP contribution in [0.15, 0.2) is 18.2 Å². The lowest BCUT2D eigenvalue weighted by Gasteiger charge is -2.37. The predicted molar refractivity (Wildman–Crippen MR) is 112 cm³/mol. The minimum Gasteiger partial charge on any atom is -0.504 e. The molecular weight excluding hydrogens is 386 g/mol. The van der Waals surface area contributed by atoms with Crippen molar-refractivity contribution in [2.24, 2.45) is 5.92 Å². The number of rotatable bonds is 6. The van der Waals surface area contributed by atoms with E-state index in [1.165, 1.54) is 4.90 Å². The quantitative estimate of drug-likeness (QED) is 0.714. The summed E-state index contributed by atoms with van der Waals surface area (Å²) in [6.07, 6.45) is 1.47. The molecular formula is C22H34N3O5+. The molecule has 0 aliphatic carbocycles. The Morgan fingerprint density at radius 1 is 1.07 bits per heavy atom. The standard InChI is InChI=1S/C22H33N3O5/c1-3-29-20-15-17(5-6-19(20)26)16-23-9-7-18(8-10-23)21(27)24-11-13-25(14-12-24)22(28)30-4-2/h5-6,15,18,26H,3-4,7-14,16H2,1-2H3/p+1. The molecule has 0 saturated carbocycles. The van der Waals surface area contributed by atoms with Crippen LogP contribution in [0.3, 0.4) is 0 Å². The second kappa shape index (κ2) is 10.5. The summed E-state index contributed by atoms with van der Waals surface area (Å²) in [6, 6.07) is 5.53. The highest BCUT2D eigenvalue weighted by molar-refractivity contribution is 5.79. The average Bonchev–Trinajstić information content (AvgIpc) is 2.76. The molecule has 0 spiro atoms. The molecule has 8 heteroatoms. The van der Waals surface area contributed by atoms with Gasteiger partial charge >= 0.3 is 6.09 Å². The molecule has 2 saturated heterocycles. The lowest BCUT2D eigenvalue weighted by Crippen LogP contribution is -3.11. The number of likely N-dealkylation sites (tertiary alicyclic amines) is 1. The Labute approximate surface area is 178 Å². The number of nitrogens with zero attached hydrogens (tertiary/aromatic N) is 2. The van der Waals surface area contributed by atoms with Gasteiger partial charge in [-0.25, -0.2) is 4.79 Å². The van der Waals surface area contributed by atoms with Gasteiger partial charge in [-0.15, -0.1) is 0 Å². The number of amides is 2. The zero-order chi connectivity index (χ0) is 21.5. The monoisotopic (exact) mass is 420 g/mol. The minimum absolute atomic E-state index is 0.0710. The summed E-state index contributed by atoms with van der Waals surface area (Å²) in [5.74, 6) is 0.993. The van der Waals surface area contributed by atoms with E-state index in [1.807, 2.05) is 24.0 Å². The molecule has 8 nitrogen and oxygen atoms in total. The van der Waals surface area contributed by atoms with Crippen LogP contribution in [0.2, 0.25) is 0 Å². The smallest absolute Gasteiger partial charge is 0.409 e. The average molecular weight is 421 g/mol. The number of carbonyl (C=O) groups excluding carboxylic acids is 2. The van der Waals surface area contributed by atoms with E-state index in [2.05, 4.69) is 0 Å². The van der Waals surface area contributed by atoms with E-state index in [4.69, 9.17) is 9.47 Å². The first kappa shape index (κ1) is 22.2. The summed E-state index contributed by atoms with van der Waals surface area (Å²) >= 11 is 0. The molecule has 3 rings (SSSR count). The van der Waals surface area contributed by atoms with Crippen LogP contribution in [-0.2, 0) is 16.1 Å². The van der Waals surface area contributed by atoms with Crippen LogP contribution < -0.4 is 9.64 Å². The van der Waals surface area contributed by atoms with Gasteiger partial charge in [-0.2, -0.15) is 0 Å². The van der Waals surface area contributed by atoms with Gasteiger partial charge in [0.05, 0.1) is 26.3 Å². The summed E-state index contributed by atoms with van der Waals surface area (Å²) in [4.78, 5) is 29.7.